The van der Waals surface area contributed by atoms with Crippen molar-refractivity contribution >= 4 is 0 Å². The molecule has 0 radical (unpaired) electrons. The first-order chi connectivity index (χ1) is 4.74. The van der Waals surface area contributed by atoms with Crippen LogP contribution in [0, 0.1) is 11.8 Å². The van der Waals surface area contributed by atoms with E-state index in [1.807, 2.05) is 0 Å². The summed E-state index contributed by atoms with van der Waals surface area (Å²) in [5, 5.41) is 3.01. The third-order valence-corrected chi connectivity index (χ3v) is 2.23. The Morgan fingerprint density at radius 2 is 2.30 bits per heavy atom. The standard InChI is InChI=1S/C8H16N2/c1-3-10-8(9)7-4-6(2)5-7/h3,6-8,10H,1,4-5,9H2,2H3. The fourth-order valence-corrected chi connectivity index (χ4v) is 1.53. The molecule has 0 aromatic carbocycles. The van der Waals surface area contributed by atoms with Crippen molar-refractivity contribution in [2.75, 3.05) is 0 Å². The van der Waals surface area contributed by atoms with Gasteiger partial charge in [0.05, 0.1) is 6.17 Å². The van der Waals surface area contributed by atoms with Crippen LogP contribution in [-0.4, -0.2) is 6.17 Å². The maximum Gasteiger partial charge on any atom is 0.0766 e. The Morgan fingerprint density at radius 3 is 2.70 bits per heavy atom. The molecule has 2 heteroatoms. The van der Waals surface area contributed by atoms with Gasteiger partial charge in [-0.25, -0.2) is 0 Å². The zero-order valence-corrected chi connectivity index (χ0v) is 6.51. The minimum atomic E-state index is 0.133. The molecule has 0 saturated heterocycles. The van der Waals surface area contributed by atoms with Gasteiger partial charge in [0.1, 0.15) is 0 Å². The van der Waals surface area contributed by atoms with Crippen molar-refractivity contribution in [1.82, 2.24) is 5.32 Å². The van der Waals surface area contributed by atoms with Crippen molar-refractivity contribution in [3.8, 4) is 0 Å². The van der Waals surface area contributed by atoms with Crippen LogP contribution in [0.25, 0.3) is 0 Å². The second-order valence-electron chi connectivity index (χ2n) is 3.23. The highest BCUT2D eigenvalue weighted by Crippen LogP contribution is 2.33. The van der Waals surface area contributed by atoms with Crippen LogP contribution in [-0.2, 0) is 0 Å². The Bertz CT molecular complexity index is 116. The third kappa shape index (κ3) is 1.51. The monoisotopic (exact) mass is 140 g/mol. The van der Waals surface area contributed by atoms with E-state index in [1.54, 1.807) is 6.20 Å². The minimum Gasteiger partial charge on any atom is -0.376 e. The summed E-state index contributed by atoms with van der Waals surface area (Å²) in [4.78, 5) is 0. The Kier molecular flexibility index (Phi) is 2.33. The molecule has 0 heterocycles. The van der Waals surface area contributed by atoms with E-state index in [2.05, 4.69) is 18.8 Å². The van der Waals surface area contributed by atoms with Crippen molar-refractivity contribution in [3.05, 3.63) is 12.8 Å². The van der Waals surface area contributed by atoms with Crippen molar-refractivity contribution in [1.29, 1.82) is 0 Å². The van der Waals surface area contributed by atoms with Gasteiger partial charge in [0.25, 0.3) is 0 Å². The van der Waals surface area contributed by atoms with E-state index in [9.17, 15) is 0 Å². The highest BCUT2D eigenvalue weighted by Gasteiger charge is 2.29. The zero-order chi connectivity index (χ0) is 7.56. The molecule has 1 aliphatic carbocycles. The molecule has 10 heavy (non-hydrogen) atoms. The maximum absolute atomic E-state index is 5.77. The third-order valence-electron chi connectivity index (χ3n) is 2.23. The van der Waals surface area contributed by atoms with Gasteiger partial charge < -0.3 is 11.1 Å². The minimum absolute atomic E-state index is 0.133. The van der Waals surface area contributed by atoms with Gasteiger partial charge >= 0.3 is 0 Å². The van der Waals surface area contributed by atoms with Gasteiger partial charge in [0.15, 0.2) is 0 Å². The highest BCUT2D eigenvalue weighted by molar-refractivity contribution is 4.85. The van der Waals surface area contributed by atoms with Gasteiger partial charge in [0, 0.05) is 0 Å². The smallest absolute Gasteiger partial charge is 0.0766 e. The van der Waals surface area contributed by atoms with Crippen LogP contribution in [0.1, 0.15) is 19.8 Å². The fraction of sp³-hybridized carbons (Fsp3) is 0.750. The summed E-state index contributed by atoms with van der Waals surface area (Å²) in [7, 11) is 0. The molecule has 1 rings (SSSR count). The first-order valence-corrected chi connectivity index (χ1v) is 3.86. The summed E-state index contributed by atoms with van der Waals surface area (Å²) in [6, 6.07) is 0. The molecule has 58 valence electrons. The highest BCUT2D eigenvalue weighted by atomic mass is 15.0. The van der Waals surface area contributed by atoms with E-state index in [1.165, 1.54) is 12.8 Å². The Balaban J connectivity index is 2.17. The van der Waals surface area contributed by atoms with Crippen molar-refractivity contribution < 1.29 is 0 Å². The lowest BCUT2D eigenvalue weighted by atomic mass is 9.74. The number of rotatable bonds is 3. The maximum atomic E-state index is 5.77. The Labute approximate surface area is 62.5 Å². The van der Waals surface area contributed by atoms with E-state index in [0.29, 0.717) is 5.92 Å². The molecule has 0 aromatic heterocycles. The lowest BCUT2D eigenvalue weighted by Crippen LogP contribution is -2.46. The summed E-state index contributed by atoms with van der Waals surface area (Å²) >= 11 is 0. The average molecular weight is 140 g/mol. The molecule has 0 aliphatic heterocycles. The SMILES string of the molecule is C=CNC(N)C1CC(C)C1. The van der Waals surface area contributed by atoms with E-state index in [-0.39, 0.29) is 6.17 Å². The number of nitrogens with two attached hydrogens (primary N) is 1. The van der Waals surface area contributed by atoms with Crippen LogP contribution in [0.15, 0.2) is 12.8 Å². The lowest BCUT2D eigenvalue weighted by molar-refractivity contribution is 0.167. The first kappa shape index (κ1) is 7.61. The Hall–Kier alpha value is -0.500. The van der Waals surface area contributed by atoms with Crippen LogP contribution in [0.4, 0.5) is 0 Å². The molecule has 0 spiro atoms. The van der Waals surface area contributed by atoms with E-state index >= 15 is 0 Å². The second kappa shape index (κ2) is 3.06. The summed E-state index contributed by atoms with van der Waals surface area (Å²) < 4.78 is 0. The number of hydrogen-bond donors (Lipinski definition) is 2. The molecule has 1 atom stereocenters. The second-order valence-corrected chi connectivity index (χ2v) is 3.23. The predicted octanol–water partition coefficient (Wildman–Crippen LogP) is 1.05. The van der Waals surface area contributed by atoms with E-state index < -0.39 is 0 Å². The molecule has 2 nitrogen and oxygen atoms in total. The number of nitrogens with one attached hydrogen (secondary N) is 1. The fourth-order valence-electron chi connectivity index (χ4n) is 1.53. The topological polar surface area (TPSA) is 38.0 Å². The van der Waals surface area contributed by atoms with Crippen LogP contribution >= 0.6 is 0 Å². The number of hydrogen-bond acceptors (Lipinski definition) is 2. The molecule has 3 N–H and O–H groups in total. The molecule has 0 aromatic rings. The normalized spacial score (nSPS) is 34.2. The van der Waals surface area contributed by atoms with Crippen LogP contribution in [0.3, 0.4) is 0 Å². The van der Waals surface area contributed by atoms with E-state index in [0.717, 1.165) is 5.92 Å². The molecule has 0 bridgehead atoms. The quantitative estimate of drug-likeness (QED) is 0.575. The molecule has 1 saturated carbocycles. The molecule has 1 unspecified atom stereocenters. The van der Waals surface area contributed by atoms with Gasteiger partial charge in [-0.3, -0.25) is 0 Å². The van der Waals surface area contributed by atoms with Crippen LogP contribution in [0.2, 0.25) is 0 Å². The molecule has 1 aliphatic rings. The summed E-state index contributed by atoms with van der Waals surface area (Å²) in [5.41, 5.74) is 5.77. The van der Waals surface area contributed by atoms with Crippen molar-refractivity contribution in [3.63, 3.8) is 0 Å². The van der Waals surface area contributed by atoms with Gasteiger partial charge in [-0.15, -0.1) is 0 Å². The van der Waals surface area contributed by atoms with Crippen molar-refractivity contribution in [2.24, 2.45) is 17.6 Å². The molecule has 0 amide bonds. The summed E-state index contributed by atoms with van der Waals surface area (Å²) in [6.07, 6.45) is 4.34. The summed E-state index contributed by atoms with van der Waals surface area (Å²) in [6.45, 7) is 5.83. The van der Waals surface area contributed by atoms with Crippen molar-refractivity contribution in [2.45, 2.75) is 25.9 Å². The average Bonchev–Trinajstić information content (AvgIpc) is 1.82. The van der Waals surface area contributed by atoms with E-state index in [4.69, 9.17) is 5.73 Å². The first-order valence-electron chi connectivity index (χ1n) is 3.86. The van der Waals surface area contributed by atoms with Gasteiger partial charge in [-0.2, -0.15) is 0 Å². The lowest BCUT2D eigenvalue weighted by Gasteiger charge is -2.36. The largest absolute Gasteiger partial charge is 0.376 e. The molecular weight excluding hydrogens is 124 g/mol. The van der Waals surface area contributed by atoms with Gasteiger partial charge in [0.2, 0.25) is 0 Å². The van der Waals surface area contributed by atoms with Gasteiger partial charge in [-0.1, -0.05) is 13.5 Å². The predicted molar refractivity (Wildman–Crippen MR) is 43.2 cm³/mol. The Morgan fingerprint density at radius 1 is 1.70 bits per heavy atom. The van der Waals surface area contributed by atoms with Crippen LogP contribution < -0.4 is 11.1 Å². The molecular formula is C8H16N2. The summed E-state index contributed by atoms with van der Waals surface area (Å²) in [5.74, 6) is 1.55. The van der Waals surface area contributed by atoms with Gasteiger partial charge in [-0.05, 0) is 30.9 Å². The zero-order valence-electron chi connectivity index (χ0n) is 6.51. The molecule has 1 fully saturated rings. The van der Waals surface area contributed by atoms with Crippen LogP contribution in [0.5, 0.6) is 0 Å².